The van der Waals surface area contributed by atoms with Crippen LogP contribution in [0.4, 0.5) is 18.2 Å². The molecule has 23 heavy (non-hydrogen) atoms. The summed E-state index contributed by atoms with van der Waals surface area (Å²) in [7, 11) is 0. The van der Waals surface area contributed by atoms with E-state index in [1.807, 2.05) is 0 Å². The van der Waals surface area contributed by atoms with E-state index in [2.05, 4.69) is 0 Å². The van der Waals surface area contributed by atoms with E-state index in [1.54, 1.807) is 6.92 Å². The number of anilines is 1. The third-order valence-electron chi connectivity index (χ3n) is 3.22. The highest BCUT2D eigenvalue weighted by Crippen LogP contribution is 2.40. The quantitative estimate of drug-likeness (QED) is 0.491. The van der Waals surface area contributed by atoms with Gasteiger partial charge in [-0.05, 0) is 24.6 Å². The number of nitrogen functional groups attached to an aromatic ring is 1. The lowest BCUT2D eigenvalue weighted by Crippen LogP contribution is -2.37. The summed E-state index contributed by atoms with van der Waals surface area (Å²) in [5.41, 5.74) is 5.40. The van der Waals surface area contributed by atoms with Gasteiger partial charge in [-0.3, -0.25) is 9.80 Å². The third kappa shape index (κ3) is 3.44. The van der Waals surface area contributed by atoms with E-state index in [-0.39, 0.29) is 22.7 Å². The van der Waals surface area contributed by atoms with Crippen LogP contribution in [0.5, 0.6) is 0 Å². The van der Waals surface area contributed by atoms with E-state index >= 15 is 0 Å². The highest BCUT2D eigenvalue weighted by molar-refractivity contribution is 7.15. The Hall–Kier alpha value is -1.77. The van der Waals surface area contributed by atoms with Crippen molar-refractivity contribution in [2.75, 3.05) is 12.3 Å². The van der Waals surface area contributed by atoms with Crippen molar-refractivity contribution in [3.63, 3.8) is 0 Å². The van der Waals surface area contributed by atoms with Crippen LogP contribution in [-0.4, -0.2) is 17.5 Å². The van der Waals surface area contributed by atoms with Crippen molar-refractivity contribution in [3.8, 4) is 11.1 Å². The molecule has 0 unspecified atom stereocenters. The van der Waals surface area contributed by atoms with Crippen molar-refractivity contribution >= 4 is 33.8 Å². The number of hydrazine groups is 1. The minimum absolute atomic E-state index is 0.0924. The molecule has 0 bridgehead atoms. The Kier molecular flexibility index (Phi) is 4.88. The van der Waals surface area contributed by atoms with Gasteiger partial charge in [0.1, 0.15) is 0 Å². The fraction of sp³-hybridized carbons (Fsp3) is 0.214. The molecule has 1 aromatic carbocycles. The first-order chi connectivity index (χ1) is 10.7. The molecule has 4 N–H and O–H groups in total. The van der Waals surface area contributed by atoms with Gasteiger partial charge in [-0.2, -0.15) is 13.2 Å². The van der Waals surface area contributed by atoms with Crippen molar-refractivity contribution < 1.29 is 18.0 Å². The number of halogens is 4. The standard InChI is InChI=1S/C14H13ClF3N3OS/c1-2-21(20)13(22)11-8(6-23-12(11)19)7-3-4-10(15)9(5-7)14(16,17)18/h3-6H,2,19-20H2,1H3. The molecule has 0 aliphatic rings. The molecule has 2 rings (SSSR count). The molecule has 0 spiro atoms. The number of benzene rings is 1. The summed E-state index contributed by atoms with van der Waals surface area (Å²) in [6, 6.07) is 3.44. The van der Waals surface area contributed by atoms with Crippen LogP contribution in [0.1, 0.15) is 22.8 Å². The fourth-order valence-corrected chi connectivity index (χ4v) is 3.04. The summed E-state index contributed by atoms with van der Waals surface area (Å²) in [5, 5.41) is 2.25. The molecule has 0 saturated heterocycles. The number of amides is 1. The van der Waals surface area contributed by atoms with Crippen LogP contribution in [-0.2, 0) is 6.18 Å². The molecule has 0 aliphatic heterocycles. The van der Waals surface area contributed by atoms with E-state index in [1.165, 1.54) is 11.4 Å². The van der Waals surface area contributed by atoms with Crippen LogP contribution in [0.25, 0.3) is 11.1 Å². The number of hydrogen-bond acceptors (Lipinski definition) is 4. The van der Waals surface area contributed by atoms with Gasteiger partial charge < -0.3 is 5.73 Å². The van der Waals surface area contributed by atoms with E-state index < -0.39 is 22.7 Å². The highest BCUT2D eigenvalue weighted by Gasteiger charge is 2.34. The summed E-state index contributed by atoms with van der Waals surface area (Å²) in [5.74, 6) is 5.03. The molecule has 1 amide bonds. The second kappa shape index (κ2) is 6.38. The lowest BCUT2D eigenvalue weighted by molar-refractivity contribution is -0.137. The Morgan fingerprint density at radius 1 is 1.39 bits per heavy atom. The molecule has 2 aromatic rings. The van der Waals surface area contributed by atoms with Crippen LogP contribution < -0.4 is 11.6 Å². The Morgan fingerprint density at radius 3 is 2.61 bits per heavy atom. The van der Waals surface area contributed by atoms with Crippen molar-refractivity contribution in [1.29, 1.82) is 0 Å². The molecule has 0 saturated carbocycles. The first-order valence-corrected chi connectivity index (χ1v) is 7.73. The number of hydrogen-bond donors (Lipinski definition) is 2. The summed E-state index contributed by atoms with van der Waals surface area (Å²) in [6.45, 7) is 1.91. The number of carbonyl (C=O) groups is 1. The van der Waals surface area contributed by atoms with Gasteiger partial charge in [0.25, 0.3) is 5.91 Å². The first kappa shape index (κ1) is 17.6. The van der Waals surface area contributed by atoms with Gasteiger partial charge in [0.05, 0.1) is 21.2 Å². The molecular formula is C14H13ClF3N3OS. The zero-order valence-electron chi connectivity index (χ0n) is 11.9. The van der Waals surface area contributed by atoms with Gasteiger partial charge in [-0.15, -0.1) is 11.3 Å². The molecule has 9 heteroatoms. The highest BCUT2D eigenvalue weighted by atomic mass is 35.5. The number of rotatable bonds is 3. The number of nitrogens with zero attached hydrogens (tertiary/aromatic N) is 1. The normalized spacial score (nSPS) is 11.6. The predicted molar refractivity (Wildman–Crippen MR) is 85.1 cm³/mol. The monoisotopic (exact) mass is 363 g/mol. The zero-order valence-corrected chi connectivity index (χ0v) is 13.5. The van der Waals surface area contributed by atoms with Crippen LogP contribution in [0.15, 0.2) is 23.6 Å². The SMILES string of the molecule is CCN(N)C(=O)c1c(-c2ccc(Cl)c(C(F)(F)F)c2)csc1N. The summed E-state index contributed by atoms with van der Waals surface area (Å²) in [4.78, 5) is 12.3. The molecule has 4 nitrogen and oxygen atoms in total. The fourth-order valence-electron chi connectivity index (χ4n) is 2.00. The average molecular weight is 364 g/mol. The summed E-state index contributed by atoms with van der Waals surface area (Å²) >= 11 is 6.67. The molecular weight excluding hydrogens is 351 g/mol. The van der Waals surface area contributed by atoms with Crippen LogP contribution >= 0.6 is 22.9 Å². The maximum atomic E-state index is 13.0. The van der Waals surface area contributed by atoms with E-state index in [0.717, 1.165) is 28.5 Å². The van der Waals surface area contributed by atoms with E-state index in [0.29, 0.717) is 5.56 Å². The lowest BCUT2D eigenvalue weighted by Gasteiger charge is -2.16. The van der Waals surface area contributed by atoms with Crippen LogP contribution in [0.2, 0.25) is 5.02 Å². The maximum absolute atomic E-state index is 13.0. The topological polar surface area (TPSA) is 72.3 Å². The van der Waals surface area contributed by atoms with Crippen molar-refractivity contribution in [2.45, 2.75) is 13.1 Å². The zero-order chi connectivity index (χ0) is 17.4. The molecule has 124 valence electrons. The Morgan fingerprint density at radius 2 is 2.04 bits per heavy atom. The second-order valence-electron chi connectivity index (χ2n) is 4.67. The second-order valence-corrected chi connectivity index (χ2v) is 5.99. The predicted octanol–water partition coefficient (Wildman–Crippen LogP) is 4.01. The van der Waals surface area contributed by atoms with E-state index in [9.17, 15) is 18.0 Å². The summed E-state index contributed by atoms with van der Waals surface area (Å²) in [6.07, 6.45) is -4.60. The number of alkyl halides is 3. The van der Waals surface area contributed by atoms with Gasteiger partial charge in [-0.1, -0.05) is 17.7 Å². The molecule has 0 aliphatic carbocycles. The smallest absolute Gasteiger partial charge is 0.390 e. The van der Waals surface area contributed by atoms with Gasteiger partial charge in [0.15, 0.2) is 0 Å². The Labute approximate surface area is 139 Å². The Bertz CT molecular complexity index is 745. The van der Waals surface area contributed by atoms with Crippen molar-refractivity contribution in [2.24, 2.45) is 5.84 Å². The van der Waals surface area contributed by atoms with Crippen LogP contribution in [0, 0.1) is 0 Å². The van der Waals surface area contributed by atoms with E-state index in [4.69, 9.17) is 23.2 Å². The number of nitrogens with two attached hydrogens (primary N) is 2. The van der Waals surface area contributed by atoms with Gasteiger partial charge >= 0.3 is 6.18 Å². The maximum Gasteiger partial charge on any atom is 0.417 e. The molecule has 0 atom stereocenters. The van der Waals surface area contributed by atoms with Crippen molar-refractivity contribution in [3.05, 3.63) is 39.7 Å². The number of thiophene rings is 1. The number of carbonyl (C=O) groups excluding carboxylic acids is 1. The average Bonchev–Trinajstić information content (AvgIpc) is 2.86. The van der Waals surface area contributed by atoms with Gasteiger partial charge in [0.2, 0.25) is 0 Å². The third-order valence-corrected chi connectivity index (χ3v) is 4.36. The lowest BCUT2D eigenvalue weighted by atomic mass is 10.0. The molecule has 1 aromatic heterocycles. The van der Waals surface area contributed by atoms with Crippen molar-refractivity contribution in [1.82, 2.24) is 5.01 Å². The molecule has 0 radical (unpaired) electrons. The minimum atomic E-state index is -4.60. The minimum Gasteiger partial charge on any atom is -0.390 e. The molecule has 0 fully saturated rings. The van der Waals surface area contributed by atoms with Gasteiger partial charge in [0, 0.05) is 17.5 Å². The largest absolute Gasteiger partial charge is 0.417 e. The first-order valence-electron chi connectivity index (χ1n) is 6.47. The molecule has 1 heterocycles. The summed E-state index contributed by atoms with van der Waals surface area (Å²) < 4.78 is 39.0. The van der Waals surface area contributed by atoms with Crippen LogP contribution in [0.3, 0.4) is 0 Å². The Balaban J connectivity index is 2.59. The van der Waals surface area contributed by atoms with Gasteiger partial charge in [-0.25, -0.2) is 5.84 Å².